The van der Waals surface area contributed by atoms with Gasteiger partial charge in [0.2, 0.25) is 0 Å². The smallest absolute Gasteiger partial charge is 0.303 e. The molecule has 1 rings (SSSR count). The van der Waals surface area contributed by atoms with Crippen LogP contribution in [-0.4, -0.2) is 17.6 Å². The molecule has 17 heavy (non-hydrogen) atoms. The number of aryl methyl sites for hydroxylation is 1. The van der Waals surface area contributed by atoms with E-state index in [1.54, 1.807) is 0 Å². The maximum atomic E-state index is 10.3. The molecule has 0 spiro atoms. The molecule has 0 aromatic heterocycles. The molecule has 0 fully saturated rings. The van der Waals surface area contributed by atoms with Crippen LogP contribution in [0.15, 0.2) is 12.1 Å². The minimum absolute atomic E-state index is 0.235. The quantitative estimate of drug-likeness (QED) is 0.745. The van der Waals surface area contributed by atoms with Gasteiger partial charge in [-0.15, -0.1) is 0 Å². The Morgan fingerprint density at radius 1 is 1.24 bits per heavy atom. The highest BCUT2D eigenvalue weighted by atomic mass is 16.4. The van der Waals surface area contributed by atoms with Crippen molar-refractivity contribution in [3.8, 4) is 0 Å². The van der Waals surface area contributed by atoms with Gasteiger partial charge in [0, 0.05) is 13.0 Å². The summed E-state index contributed by atoms with van der Waals surface area (Å²) in [6.45, 7) is 7.95. The molecule has 0 radical (unpaired) electrons. The van der Waals surface area contributed by atoms with E-state index in [0.29, 0.717) is 6.42 Å². The van der Waals surface area contributed by atoms with Crippen molar-refractivity contribution < 1.29 is 9.90 Å². The first kappa shape index (κ1) is 13.7. The number of aliphatic carboxylic acids is 1. The van der Waals surface area contributed by atoms with Crippen LogP contribution in [0.2, 0.25) is 0 Å². The summed E-state index contributed by atoms with van der Waals surface area (Å²) < 4.78 is 0. The largest absolute Gasteiger partial charge is 0.481 e. The van der Waals surface area contributed by atoms with E-state index < -0.39 is 5.97 Å². The molecule has 3 nitrogen and oxygen atoms in total. The maximum Gasteiger partial charge on any atom is 0.303 e. The highest BCUT2D eigenvalue weighted by Gasteiger charge is 2.03. The summed E-state index contributed by atoms with van der Waals surface area (Å²) in [5, 5.41) is 11.8. The van der Waals surface area contributed by atoms with E-state index in [-0.39, 0.29) is 6.42 Å². The average molecular weight is 235 g/mol. The van der Waals surface area contributed by atoms with E-state index in [9.17, 15) is 4.79 Å². The van der Waals surface area contributed by atoms with Gasteiger partial charge >= 0.3 is 5.97 Å². The molecule has 0 bridgehead atoms. The van der Waals surface area contributed by atoms with Crippen LogP contribution in [0, 0.1) is 20.8 Å². The van der Waals surface area contributed by atoms with E-state index in [1.165, 1.54) is 22.3 Å². The lowest BCUT2D eigenvalue weighted by atomic mass is 9.99. The zero-order valence-electron chi connectivity index (χ0n) is 10.8. The number of benzene rings is 1. The number of carbonyl (C=O) groups is 1. The van der Waals surface area contributed by atoms with E-state index in [4.69, 9.17) is 5.11 Å². The van der Waals surface area contributed by atoms with Crippen molar-refractivity contribution in [2.75, 3.05) is 6.54 Å². The van der Waals surface area contributed by atoms with Crippen LogP contribution in [-0.2, 0) is 11.3 Å². The van der Waals surface area contributed by atoms with Crippen molar-refractivity contribution in [3.05, 3.63) is 34.4 Å². The van der Waals surface area contributed by atoms with Crippen LogP contribution in [0.1, 0.15) is 35.1 Å². The van der Waals surface area contributed by atoms with E-state index >= 15 is 0 Å². The van der Waals surface area contributed by atoms with Gasteiger partial charge in [-0.1, -0.05) is 12.1 Å². The van der Waals surface area contributed by atoms with Gasteiger partial charge in [-0.05, 0) is 56.0 Å². The van der Waals surface area contributed by atoms with E-state index in [0.717, 1.165) is 13.1 Å². The van der Waals surface area contributed by atoms with E-state index in [2.05, 4.69) is 38.2 Å². The lowest BCUT2D eigenvalue weighted by Crippen LogP contribution is -2.16. The molecule has 2 N–H and O–H groups in total. The summed E-state index contributed by atoms with van der Waals surface area (Å²) in [6.07, 6.45) is 0.915. The van der Waals surface area contributed by atoms with Crippen molar-refractivity contribution in [1.29, 1.82) is 0 Å². The van der Waals surface area contributed by atoms with Crippen molar-refractivity contribution in [1.82, 2.24) is 5.32 Å². The zero-order chi connectivity index (χ0) is 12.8. The fourth-order valence-electron chi connectivity index (χ4n) is 1.79. The minimum atomic E-state index is -0.728. The second-order valence-corrected chi connectivity index (χ2v) is 4.47. The normalized spacial score (nSPS) is 10.5. The van der Waals surface area contributed by atoms with Crippen LogP contribution < -0.4 is 5.32 Å². The van der Waals surface area contributed by atoms with Crippen molar-refractivity contribution >= 4 is 5.97 Å². The first-order valence-corrected chi connectivity index (χ1v) is 6.00. The lowest BCUT2D eigenvalue weighted by molar-refractivity contribution is -0.137. The number of carboxylic acid groups (broad SMARTS) is 1. The molecule has 94 valence electrons. The first-order valence-electron chi connectivity index (χ1n) is 6.00. The molecule has 0 aliphatic rings. The Kier molecular flexibility index (Phi) is 5.16. The Morgan fingerprint density at radius 3 is 2.59 bits per heavy atom. The number of hydrogen-bond acceptors (Lipinski definition) is 2. The van der Waals surface area contributed by atoms with Crippen molar-refractivity contribution in [2.24, 2.45) is 0 Å². The van der Waals surface area contributed by atoms with Gasteiger partial charge in [0.25, 0.3) is 0 Å². The monoisotopic (exact) mass is 235 g/mol. The van der Waals surface area contributed by atoms with Crippen LogP contribution in [0.5, 0.6) is 0 Å². The molecule has 0 aliphatic heterocycles. The third kappa shape index (κ3) is 4.19. The van der Waals surface area contributed by atoms with Crippen molar-refractivity contribution in [2.45, 2.75) is 40.2 Å². The van der Waals surface area contributed by atoms with Crippen LogP contribution >= 0.6 is 0 Å². The molecular formula is C14H21NO2. The Balaban J connectivity index is 2.42. The van der Waals surface area contributed by atoms with Gasteiger partial charge < -0.3 is 10.4 Å². The minimum Gasteiger partial charge on any atom is -0.481 e. The third-order valence-corrected chi connectivity index (χ3v) is 3.23. The molecular weight excluding hydrogens is 214 g/mol. The standard InChI is InChI=1S/C14H21NO2/c1-10-6-7-13(12(3)11(10)2)9-15-8-4-5-14(16)17/h6-7,15H,4-5,8-9H2,1-3H3,(H,16,17). The highest BCUT2D eigenvalue weighted by Crippen LogP contribution is 2.16. The molecule has 1 aromatic carbocycles. The SMILES string of the molecule is Cc1ccc(CNCCCC(=O)O)c(C)c1C. The summed E-state index contributed by atoms with van der Waals surface area (Å²) in [5.74, 6) is -0.728. The fraction of sp³-hybridized carbons (Fsp3) is 0.500. The van der Waals surface area contributed by atoms with Gasteiger partial charge in [0.15, 0.2) is 0 Å². The molecule has 0 saturated heterocycles. The van der Waals surface area contributed by atoms with Crippen LogP contribution in [0.4, 0.5) is 0 Å². The molecule has 0 saturated carbocycles. The Hall–Kier alpha value is -1.35. The van der Waals surface area contributed by atoms with Gasteiger partial charge in [-0.25, -0.2) is 0 Å². The Bertz CT molecular complexity index is 399. The lowest BCUT2D eigenvalue weighted by Gasteiger charge is -2.11. The molecule has 0 amide bonds. The predicted octanol–water partition coefficient (Wildman–Crippen LogP) is 2.57. The summed E-state index contributed by atoms with van der Waals surface area (Å²) >= 11 is 0. The van der Waals surface area contributed by atoms with Crippen molar-refractivity contribution in [3.63, 3.8) is 0 Å². The highest BCUT2D eigenvalue weighted by molar-refractivity contribution is 5.66. The number of carboxylic acids is 1. The summed E-state index contributed by atoms with van der Waals surface area (Å²) in [4.78, 5) is 10.3. The molecule has 0 atom stereocenters. The number of rotatable bonds is 6. The zero-order valence-corrected chi connectivity index (χ0v) is 10.8. The Labute approximate surface area is 103 Å². The predicted molar refractivity (Wildman–Crippen MR) is 69.2 cm³/mol. The average Bonchev–Trinajstić information content (AvgIpc) is 2.28. The third-order valence-electron chi connectivity index (χ3n) is 3.23. The molecule has 0 heterocycles. The second-order valence-electron chi connectivity index (χ2n) is 4.47. The topological polar surface area (TPSA) is 49.3 Å². The fourth-order valence-corrected chi connectivity index (χ4v) is 1.79. The number of hydrogen-bond donors (Lipinski definition) is 2. The maximum absolute atomic E-state index is 10.3. The number of nitrogens with one attached hydrogen (secondary N) is 1. The molecule has 0 unspecified atom stereocenters. The summed E-state index contributed by atoms with van der Waals surface area (Å²) in [7, 11) is 0. The molecule has 1 aromatic rings. The van der Waals surface area contributed by atoms with Gasteiger partial charge in [-0.2, -0.15) is 0 Å². The Morgan fingerprint density at radius 2 is 1.94 bits per heavy atom. The van der Waals surface area contributed by atoms with E-state index in [1.807, 2.05) is 0 Å². The van der Waals surface area contributed by atoms with Crippen LogP contribution in [0.25, 0.3) is 0 Å². The molecule has 3 heteroatoms. The second kappa shape index (κ2) is 6.40. The van der Waals surface area contributed by atoms with Gasteiger partial charge in [0.1, 0.15) is 0 Å². The summed E-state index contributed by atoms with van der Waals surface area (Å²) in [5.41, 5.74) is 5.28. The van der Waals surface area contributed by atoms with Crippen LogP contribution in [0.3, 0.4) is 0 Å². The van der Waals surface area contributed by atoms with Gasteiger partial charge in [0.05, 0.1) is 0 Å². The van der Waals surface area contributed by atoms with Gasteiger partial charge in [-0.3, -0.25) is 4.79 Å². The first-order chi connectivity index (χ1) is 8.02. The molecule has 0 aliphatic carbocycles. The summed E-state index contributed by atoms with van der Waals surface area (Å²) in [6, 6.07) is 4.28.